The number of carbonyl (C=O) groups is 3. The van der Waals surface area contributed by atoms with Crippen LogP contribution in [-0.4, -0.2) is 54.1 Å². The highest BCUT2D eigenvalue weighted by Gasteiger charge is 2.27. The van der Waals surface area contributed by atoms with Crippen LogP contribution in [0.2, 0.25) is 0 Å². The van der Waals surface area contributed by atoms with Crippen molar-refractivity contribution >= 4 is 17.9 Å². The van der Waals surface area contributed by atoms with Gasteiger partial charge in [0.05, 0.1) is 0 Å². The first-order valence-corrected chi connectivity index (χ1v) is 9.76. The fourth-order valence-electron chi connectivity index (χ4n) is 2.94. The Hall–Kier alpha value is -2.57. The van der Waals surface area contributed by atoms with E-state index < -0.39 is 5.60 Å². The van der Waals surface area contributed by atoms with Crippen LogP contribution in [-0.2, 0) is 4.74 Å². The fourth-order valence-corrected chi connectivity index (χ4v) is 2.94. The molecule has 0 spiro atoms. The molecule has 2 N–H and O–H groups in total. The number of piperidine rings is 1. The zero-order valence-electron chi connectivity index (χ0n) is 17.2. The number of aryl methyl sites for hydroxylation is 1. The monoisotopic (exact) mass is 389 g/mol. The number of nitrogens with one attached hydrogen (secondary N) is 2. The standard InChI is InChI=1S/C21H31N3O4/c1-15-5-7-16(8-6-15)18(25)9-12-22-19(26)23-17-10-13-24(14-11-17)20(27)28-21(2,3)4/h5-8,17H,9-14H2,1-4H3,(H2,22,23,26). The summed E-state index contributed by atoms with van der Waals surface area (Å²) in [6.45, 7) is 8.87. The minimum absolute atomic E-state index is 0.00553. The van der Waals surface area contributed by atoms with E-state index in [0.717, 1.165) is 5.56 Å². The van der Waals surface area contributed by atoms with Crippen molar-refractivity contribution in [2.45, 2.75) is 58.6 Å². The first-order valence-electron chi connectivity index (χ1n) is 9.76. The van der Waals surface area contributed by atoms with Crippen molar-refractivity contribution in [1.29, 1.82) is 0 Å². The summed E-state index contributed by atoms with van der Waals surface area (Å²) in [5.74, 6) is 0.00553. The van der Waals surface area contributed by atoms with E-state index in [1.165, 1.54) is 0 Å². The van der Waals surface area contributed by atoms with Gasteiger partial charge in [0.25, 0.3) is 0 Å². The highest BCUT2D eigenvalue weighted by molar-refractivity contribution is 5.96. The molecule has 0 aromatic heterocycles. The molecule has 0 atom stereocenters. The lowest BCUT2D eigenvalue weighted by molar-refractivity contribution is 0.0201. The molecule has 0 bridgehead atoms. The Labute approximate surface area is 166 Å². The number of ether oxygens (including phenoxy) is 1. The van der Waals surface area contributed by atoms with Gasteiger partial charge in [-0.2, -0.15) is 0 Å². The lowest BCUT2D eigenvalue weighted by Crippen LogP contribution is -2.50. The third-order valence-electron chi connectivity index (χ3n) is 4.49. The van der Waals surface area contributed by atoms with Crippen molar-refractivity contribution in [3.05, 3.63) is 35.4 Å². The summed E-state index contributed by atoms with van der Waals surface area (Å²) >= 11 is 0. The van der Waals surface area contributed by atoms with Gasteiger partial charge in [0.1, 0.15) is 5.60 Å². The topological polar surface area (TPSA) is 87.7 Å². The number of amides is 3. The SMILES string of the molecule is Cc1ccc(C(=O)CCNC(=O)NC2CCN(C(=O)OC(C)(C)C)CC2)cc1. The Kier molecular flexibility index (Phi) is 7.43. The number of urea groups is 1. The highest BCUT2D eigenvalue weighted by atomic mass is 16.6. The van der Waals surface area contributed by atoms with Crippen LogP contribution in [0.1, 0.15) is 56.0 Å². The molecule has 1 fully saturated rings. The Morgan fingerprint density at radius 2 is 1.71 bits per heavy atom. The zero-order chi connectivity index (χ0) is 20.7. The Balaban J connectivity index is 1.65. The molecular weight excluding hydrogens is 358 g/mol. The molecule has 7 nitrogen and oxygen atoms in total. The zero-order valence-corrected chi connectivity index (χ0v) is 17.2. The third kappa shape index (κ3) is 7.21. The van der Waals surface area contributed by atoms with E-state index in [4.69, 9.17) is 4.74 Å². The van der Waals surface area contributed by atoms with Crippen molar-refractivity contribution in [2.75, 3.05) is 19.6 Å². The number of Topliss-reactive ketones (excluding diaryl/α,β-unsaturated/α-hetero) is 1. The average molecular weight is 389 g/mol. The normalized spacial score (nSPS) is 15.1. The molecule has 2 rings (SSSR count). The van der Waals surface area contributed by atoms with Crippen LogP contribution in [0.3, 0.4) is 0 Å². The van der Waals surface area contributed by atoms with E-state index in [2.05, 4.69) is 10.6 Å². The number of ketones is 1. The van der Waals surface area contributed by atoms with Gasteiger partial charge in [-0.1, -0.05) is 29.8 Å². The summed E-state index contributed by atoms with van der Waals surface area (Å²) in [5.41, 5.74) is 1.25. The molecule has 1 saturated heterocycles. The third-order valence-corrected chi connectivity index (χ3v) is 4.49. The van der Waals surface area contributed by atoms with Crippen LogP contribution in [0.25, 0.3) is 0 Å². The number of carbonyl (C=O) groups excluding carboxylic acids is 3. The average Bonchev–Trinajstić information content (AvgIpc) is 2.61. The van der Waals surface area contributed by atoms with Crippen LogP contribution >= 0.6 is 0 Å². The van der Waals surface area contributed by atoms with Gasteiger partial charge in [-0.3, -0.25) is 4.79 Å². The molecular formula is C21H31N3O4. The molecule has 1 aromatic rings. The Morgan fingerprint density at radius 3 is 2.29 bits per heavy atom. The summed E-state index contributed by atoms with van der Waals surface area (Å²) in [6.07, 6.45) is 1.29. The minimum atomic E-state index is -0.512. The molecule has 0 radical (unpaired) electrons. The van der Waals surface area contributed by atoms with Crippen molar-refractivity contribution in [3.8, 4) is 0 Å². The van der Waals surface area contributed by atoms with Gasteiger partial charge in [0.15, 0.2) is 5.78 Å². The van der Waals surface area contributed by atoms with Gasteiger partial charge in [-0.05, 0) is 40.5 Å². The first-order chi connectivity index (χ1) is 13.1. The van der Waals surface area contributed by atoms with E-state index >= 15 is 0 Å². The second kappa shape index (κ2) is 9.57. The number of nitrogens with zero attached hydrogens (tertiary/aromatic N) is 1. The van der Waals surface area contributed by atoms with Crippen molar-refractivity contribution < 1.29 is 19.1 Å². The van der Waals surface area contributed by atoms with E-state index in [0.29, 0.717) is 31.5 Å². The largest absolute Gasteiger partial charge is 0.444 e. The summed E-state index contributed by atoms with van der Waals surface area (Å²) in [7, 11) is 0. The van der Waals surface area contributed by atoms with Gasteiger partial charge < -0.3 is 20.3 Å². The molecule has 0 aliphatic carbocycles. The molecule has 154 valence electrons. The number of hydrogen-bond acceptors (Lipinski definition) is 4. The second-order valence-electron chi connectivity index (χ2n) is 8.18. The predicted molar refractivity (Wildman–Crippen MR) is 107 cm³/mol. The van der Waals surface area contributed by atoms with Gasteiger partial charge in [-0.15, -0.1) is 0 Å². The fraction of sp³-hybridized carbons (Fsp3) is 0.571. The number of benzene rings is 1. The molecule has 1 aromatic carbocycles. The molecule has 1 aliphatic rings. The quantitative estimate of drug-likeness (QED) is 0.757. The summed E-state index contributed by atoms with van der Waals surface area (Å²) in [5, 5.41) is 5.64. The Morgan fingerprint density at radius 1 is 1.11 bits per heavy atom. The van der Waals surface area contributed by atoms with Crippen LogP contribution < -0.4 is 10.6 Å². The number of hydrogen-bond donors (Lipinski definition) is 2. The minimum Gasteiger partial charge on any atom is -0.444 e. The van der Waals surface area contributed by atoms with Gasteiger partial charge in [0, 0.05) is 37.7 Å². The maximum atomic E-state index is 12.1. The van der Waals surface area contributed by atoms with Gasteiger partial charge >= 0.3 is 12.1 Å². The van der Waals surface area contributed by atoms with E-state index in [-0.39, 0.29) is 36.9 Å². The van der Waals surface area contributed by atoms with E-state index in [1.807, 2.05) is 39.8 Å². The predicted octanol–water partition coefficient (Wildman–Crippen LogP) is 3.27. The molecule has 7 heteroatoms. The lowest BCUT2D eigenvalue weighted by atomic mass is 10.1. The van der Waals surface area contributed by atoms with Crippen LogP contribution in [0.4, 0.5) is 9.59 Å². The summed E-state index contributed by atoms with van der Waals surface area (Å²) in [6, 6.07) is 7.12. The summed E-state index contributed by atoms with van der Waals surface area (Å²) < 4.78 is 5.37. The molecule has 1 heterocycles. The van der Waals surface area contributed by atoms with Crippen LogP contribution in [0.15, 0.2) is 24.3 Å². The second-order valence-corrected chi connectivity index (χ2v) is 8.18. The van der Waals surface area contributed by atoms with Gasteiger partial charge in [-0.25, -0.2) is 9.59 Å². The number of likely N-dealkylation sites (tertiary alicyclic amines) is 1. The lowest BCUT2D eigenvalue weighted by Gasteiger charge is -2.33. The van der Waals surface area contributed by atoms with Crippen LogP contribution in [0, 0.1) is 6.92 Å². The van der Waals surface area contributed by atoms with E-state index in [1.54, 1.807) is 17.0 Å². The summed E-state index contributed by atoms with van der Waals surface area (Å²) in [4.78, 5) is 37.9. The van der Waals surface area contributed by atoms with Crippen molar-refractivity contribution in [1.82, 2.24) is 15.5 Å². The maximum absolute atomic E-state index is 12.1. The first kappa shape index (κ1) is 21.7. The van der Waals surface area contributed by atoms with Crippen LogP contribution in [0.5, 0.6) is 0 Å². The highest BCUT2D eigenvalue weighted by Crippen LogP contribution is 2.15. The van der Waals surface area contributed by atoms with Crippen molar-refractivity contribution in [2.24, 2.45) is 0 Å². The maximum Gasteiger partial charge on any atom is 0.410 e. The van der Waals surface area contributed by atoms with Gasteiger partial charge in [0.2, 0.25) is 0 Å². The molecule has 0 unspecified atom stereocenters. The number of rotatable bonds is 5. The molecule has 0 saturated carbocycles. The van der Waals surface area contributed by atoms with E-state index in [9.17, 15) is 14.4 Å². The molecule has 3 amide bonds. The van der Waals surface area contributed by atoms with Crippen molar-refractivity contribution in [3.63, 3.8) is 0 Å². The molecule has 28 heavy (non-hydrogen) atoms. The molecule has 1 aliphatic heterocycles. The Bertz CT molecular complexity index is 687. The smallest absolute Gasteiger partial charge is 0.410 e.